The number of benzene rings is 2. The Morgan fingerprint density at radius 3 is 2.71 bits per heavy atom. The highest BCUT2D eigenvalue weighted by Gasteiger charge is 2.31. The lowest BCUT2D eigenvalue weighted by Crippen LogP contribution is -2.38. The molecule has 0 aliphatic carbocycles. The maximum Gasteiger partial charge on any atom is 0.243 e. The average molecular weight is 345 g/mol. The zero-order valence-corrected chi connectivity index (χ0v) is 13.9. The molecule has 1 aromatic heterocycles. The molecule has 1 aliphatic heterocycles. The summed E-state index contributed by atoms with van der Waals surface area (Å²) < 4.78 is 42.6. The minimum Gasteiger partial charge on any atom is -0.326 e. The molecule has 0 N–H and O–H groups in total. The van der Waals surface area contributed by atoms with Crippen LogP contribution in [0.4, 0.5) is 4.39 Å². The third kappa shape index (κ3) is 2.32. The molecule has 0 spiro atoms. The van der Waals surface area contributed by atoms with Gasteiger partial charge >= 0.3 is 0 Å². The highest BCUT2D eigenvalue weighted by Crippen LogP contribution is 2.26. The first-order valence-corrected chi connectivity index (χ1v) is 9.11. The Morgan fingerprint density at radius 1 is 1.12 bits per heavy atom. The molecule has 7 heteroatoms. The molecule has 0 unspecified atom stereocenters. The van der Waals surface area contributed by atoms with Gasteiger partial charge in [0.05, 0.1) is 22.5 Å². The molecular formula is C17H16FN3O2S. The van der Waals surface area contributed by atoms with Crippen molar-refractivity contribution in [3.8, 4) is 0 Å². The van der Waals surface area contributed by atoms with Crippen LogP contribution < -0.4 is 0 Å². The standard InChI is InChI=1S/C17H16FN3O2S/c1-12-10-13(18)6-7-16(12)24(22,23)20-8-9-21-15-5-3-2-4-14(15)19-17(21)11-20/h2-7,10H,8-9,11H2,1H3. The van der Waals surface area contributed by atoms with Gasteiger partial charge < -0.3 is 4.57 Å². The third-order valence-corrected chi connectivity index (χ3v) is 6.38. The summed E-state index contributed by atoms with van der Waals surface area (Å²) in [5.74, 6) is 0.290. The number of imidazole rings is 1. The number of aryl methyl sites for hydroxylation is 1. The van der Waals surface area contributed by atoms with Gasteiger partial charge in [0.2, 0.25) is 10.0 Å². The molecule has 124 valence electrons. The Balaban J connectivity index is 1.73. The molecule has 0 fully saturated rings. The topological polar surface area (TPSA) is 55.2 Å². The fourth-order valence-electron chi connectivity index (χ4n) is 3.19. The van der Waals surface area contributed by atoms with Crippen LogP contribution >= 0.6 is 0 Å². The minimum atomic E-state index is -3.68. The van der Waals surface area contributed by atoms with Gasteiger partial charge in [0.25, 0.3) is 0 Å². The summed E-state index contributed by atoms with van der Waals surface area (Å²) in [6.07, 6.45) is 0. The number of aromatic nitrogens is 2. The third-order valence-electron chi connectivity index (χ3n) is 4.38. The summed E-state index contributed by atoms with van der Waals surface area (Å²) in [5, 5.41) is 0. The van der Waals surface area contributed by atoms with Crippen LogP contribution in [0.3, 0.4) is 0 Å². The Morgan fingerprint density at radius 2 is 1.92 bits per heavy atom. The van der Waals surface area contributed by atoms with Crippen molar-refractivity contribution in [3.05, 3.63) is 59.7 Å². The van der Waals surface area contributed by atoms with Crippen molar-refractivity contribution in [1.29, 1.82) is 0 Å². The Hall–Kier alpha value is -2.25. The predicted molar refractivity (Wildman–Crippen MR) is 88.5 cm³/mol. The fourth-order valence-corrected chi connectivity index (χ4v) is 4.78. The summed E-state index contributed by atoms with van der Waals surface area (Å²) in [6, 6.07) is 11.5. The van der Waals surface area contributed by atoms with Crippen LogP contribution in [0.25, 0.3) is 11.0 Å². The van der Waals surface area contributed by atoms with Crippen LogP contribution in [-0.4, -0.2) is 28.8 Å². The molecule has 24 heavy (non-hydrogen) atoms. The molecule has 2 heterocycles. The number of para-hydroxylation sites is 2. The van der Waals surface area contributed by atoms with E-state index in [1.54, 1.807) is 6.92 Å². The van der Waals surface area contributed by atoms with E-state index < -0.39 is 15.8 Å². The Labute approximate surface area is 139 Å². The van der Waals surface area contributed by atoms with Crippen molar-refractivity contribution < 1.29 is 12.8 Å². The van der Waals surface area contributed by atoms with Crippen LogP contribution in [0.5, 0.6) is 0 Å². The Kier molecular flexibility index (Phi) is 3.43. The van der Waals surface area contributed by atoms with E-state index in [2.05, 4.69) is 9.55 Å². The molecule has 0 radical (unpaired) electrons. The smallest absolute Gasteiger partial charge is 0.243 e. The molecule has 3 aromatic rings. The van der Waals surface area contributed by atoms with Gasteiger partial charge in [-0.3, -0.25) is 0 Å². The van der Waals surface area contributed by atoms with Gasteiger partial charge in [-0.15, -0.1) is 0 Å². The van der Waals surface area contributed by atoms with Gasteiger partial charge in [0, 0.05) is 13.1 Å². The first kappa shape index (κ1) is 15.3. The van der Waals surface area contributed by atoms with Crippen molar-refractivity contribution >= 4 is 21.1 Å². The number of fused-ring (bicyclic) bond motifs is 3. The van der Waals surface area contributed by atoms with E-state index in [0.29, 0.717) is 18.7 Å². The summed E-state index contributed by atoms with van der Waals surface area (Å²) in [7, 11) is -3.68. The van der Waals surface area contributed by atoms with Crippen molar-refractivity contribution in [2.24, 2.45) is 0 Å². The number of nitrogens with zero attached hydrogens (tertiary/aromatic N) is 3. The SMILES string of the molecule is Cc1cc(F)ccc1S(=O)(=O)N1CCn2c(nc3ccccc32)C1. The lowest BCUT2D eigenvalue weighted by Gasteiger charge is -2.27. The van der Waals surface area contributed by atoms with Crippen molar-refractivity contribution in [3.63, 3.8) is 0 Å². The van der Waals surface area contributed by atoms with Crippen LogP contribution in [0, 0.1) is 12.7 Å². The van der Waals surface area contributed by atoms with Gasteiger partial charge in [-0.05, 0) is 42.8 Å². The van der Waals surface area contributed by atoms with Crippen molar-refractivity contribution in [2.45, 2.75) is 24.9 Å². The first-order chi connectivity index (χ1) is 11.5. The average Bonchev–Trinajstić information content (AvgIpc) is 2.92. The maximum absolute atomic E-state index is 13.3. The van der Waals surface area contributed by atoms with Gasteiger partial charge in [0.15, 0.2) is 0 Å². The minimum absolute atomic E-state index is 0.147. The summed E-state index contributed by atoms with van der Waals surface area (Å²) in [4.78, 5) is 4.69. The highest BCUT2D eigenvalue weighted by atomic mass is 32.2. The van der Waals surface area contributed by atoms with E-state index in [-0.39, 0.29) is 11.4 Å². The number of hydrogen-bond donors (Lipinski definition) is 0. The highest BCUT2D eigenvalue weighted by molar-refractivity contribution is 7.89. The Bertz CT molecular complexity index is 1040. The monoisotopic (exact) mass is 345 g/mol. The van der Waals surface area contributed by atoms with Gasteiger partial charge in [-0.25, -0.2) is 17.8 Å². The lowest BCUT2D eigenvalue weighted by molar-refractivity contribution is 0.339. The molecular weight excluding hydrogens is 329 g/mol. The van der Waals surface area contributed by atoms with E-state index in [4.69, 9.17) is 0 Å². The second-order valence-electron chi connectivity index (χ2n) is 5.92. The fraction of sp³-hybridized carbons (Fsp3) is 0.235. The second-order valence-corrected chi connectivity index (χ2v) is 7.82. The van der Waals surface area contributed by atoms with E-state index in [0.717, 1.165) is 16.9 Å². The molecule has 0 bridgehead atoms. The summed E-state index contributed by atoms with van der Waals surface area (Å²) in [5.41, 5.74) is 2.29. The van der Waals surface area contributed by atoms with Crippen molar-refractivity contribution in [1.82, 2.24) is 13.9 Å². The first-order valence-electron chi connectivity index (χ1n) is 7.67. The molecule has 0 atom stereocenters. The molecule has 2 aromatic carbocycles. The van der Waals surface area contributed by atoms with Crippen LogP contribution in [0.1, 0.15) is 11.4 Å². The molecule has 0 saturated heterocycles. The normalized spacial score (nSPS) is 15.6. The molecule has 4 rings (SSSR count). The van der Waals surface area contributed by atoms with Crippen LogP contribution in [0.2, 0.25) is 0 Å². The van der Waals surface area contributed by atoms with E-state index in [1.807, 2.05) is 24.3 Å². The summed E-state index contributed by atoms with van der Waals surface area (Å²) >= 11 is 0. The second kappa shape index (κ2) is 5.39. The zero-order chi connectivity index (χ0) is 16.9. The van der Waals surface area contributed by atoms with Gasteiger partial charge in [-0.1, -0.05) is 12.1 Å². The number of halogens is 1. The van der Waals surface area contributed by atoms with Crippen LogP contribution in [0.15, 0.2) is 47.4 Å². The maximum atomic E-state index is 13.3. The van der Waals surface area contributed by atoms with Crippen molar-refractivity contribution in [2.75, 3.05) is 6.54 Å². The quantitative estimate of drug-likeness (QED) is 0.718. The van der Waals surface area contributed by atoms with E-state index >= 15 is 0 Å². The number of hydrogen-bond acceptors (Lipinski definition) is 3. The van der Waals surface area contributed by atoms with Gasteiger partial charge in [0.1, 0.15) is 11.6 Å². The predicted octanol–water partition coefficient (Wildman–Crippen LogP) is 2.69. The zero-order valence-electron chi connectivity index (χ0n) is 13.1. The summed E-state index contributed by atoms with van der Waals surface area (Å²) in [6.45, 7) is 2.74. The number of sulfonamides is 1. The lowest BCUT2D eigenvalue weighted by atomic mass is 10.2. The number of rotatable bonds is 2. The van der Waals surface area contributed by atoms with Crippen LogP contribution in [-0.2, 0) is 23.1 Å². The molecule has 0 saturated carbocycles. The largest absolute Gasteiger partial charge is 0.326 e. The van der Waals surface area contributed by atoms with Gasteiger partial charge in [-0.2, -0.15) is 4.31 Å². The van der Waals surface area contributed by atoms with E-state index in [1.165, 1.54) is 22.5 Å². The van der Waals surface area contributed by atoms with E-state index in [9.17, 15) is 12.8 Å². The molecule has 5 nitrogen and oxygen atoms in total. The molecule has 1 aliphatic rings. The molecule has 0 amide bonds.